The highest BCUT2D eigenvalue weighted by Gasteiger charge is 2.27. The van der Waals surface area contributed by atoms with Gasteiger partial charge in [-0.25, -0.2) is 4.98 Å². The number of thiazole rings is 1. The van der Waals surface area contributed by atoms with Crippen molar-refractivity contribution in [3.05, 3.63) is 41.5 Å². The number of phenolic OH excluding ortho intramolecular Hbond substituents is 1. The molecule has 29 heavy (non-hydrogen) atoms. The maximum absolute atomic E-state index is 10.5. The van der Waals surface area contributed by atoms with Crippen LogP contribution in [0.3, 0.4) is 0 Å². The van der Waals surface area contributed by atoms with Gasteiger partial charge in [0.15, 0.2) is 5.82 Å². The van der Waals surface area contributed by atoms with Gasteiger partial charge in [0.05, 0.1) is 15.6 Å². The van der Waals surface area contributed by atoms with Crippen LogP contribution in [0.25, 0.3) is 21.7 Å². The predicted octanol–water partition coefficient (Wildman–Crippen LogP) is 4.00. The Hall–Kier alpha value is -2.51. The number of aromatic hydroxyl groups is 1. The molecule has 1 atom stereocenters. The van der Waals surface area contributed by atoms with Crippen LogP contribution in [0.1, 0.15) is 30.7 Å². The van der Waals surface area contributed by atoms with Crippen LogP contribution in [-0.4, -0.2) is 45.5 Å². The zero-order valence-corrected chi connectivity index (χ0v) is 17.3. The standard InChI is InChI=1S/C22H25N5OS/c1-14-23-12-21(29-14)15-5-6-18(20(28)11-15)19-7-8-22(26-25-19)27-10-9-17(13-27)24-16-3-2-4-16/h5-8,11-12,16-17,24,28H,2-4,9-10,13H2,1H3/t17-/m1/s1. The molecule has 1 aliphatic heterocycles. The van der Waals surface area contributed by atoms with Gasteiger partial charge in [-0.15, -0.1) is 21.5 Å². The molecule has 1 aliphatic carbocycles. The molecule has 2 aromatic heterocycles. The van der Waals surface area contributed by atoms with Gasteiger partial charge in [0.2, 0.25) is 0 Å². The number of aryl methyl sites for hydroxylation is 1. The van der Waals surface area contributed by atoms with Gasteiger partial charge in [0.1, 0.15) is 5.75 Å². The van der Waals surface area contributed by atoms with E-state index in [9.17, 15) is 5.11 Å². The van der Waals surface area contributed by atoms with Gasteiger partial charge in [0.25, 0.3) is 0 Å². The Kier molecular flexibility index (Phi) is 4.93. The number of benzene rings is 1. The van der Waals surface area contributed by atoms with Crippen LogP contribution in [0.15, 0.2) is 36.5 Å². The van der Waals surface area contributed by atoms with Gasteiger partial charge in [-0.1, -0.05) is 12.5 Å². The van der Waals surface area contributed by atoms with Gasteiger partial charge < -0.3 is 15.3 Å². The molecular weight excluding hydrogens is 382 g/mol. The Morgan fingerprint density at radius 1 is 1.10 bits per heavy atom. The van der Waals surface area contributed by atoms with Crippen LogP contribution in [0.5, 0.6) is 5.75 Å². The molecular formula is C22H25N5OS. The van der Waals surface area contributed by atoms with E-state index >= 15 is 0 Å². The summed E-state index contributed by atoms with van der Waals surface area (Å²) in [5, 5.41) is 24.1. The normalized spacial score (nSPS) is 19.5. The number of hydrogen-bond acceptors (Lipinski definition) is 7. The molecule has 0 spiro atoms. The number of nitrogens with one attached hydrogen (secondary N) is 1. The summed E-state index contributed by atoms with van der Waals surface area (Å²) in [4.78, 5) is 7.63. The lowest BCUT2D eigenvalue weighted by Gasteiger charge is -2.29. The summed E-state index contributed by atoms with van der Waals surface area (Å²) in [6.45, 7) is 3.97. The fourth-order valence-electron chi connectivity index (χ4n) is 4.05. The second-order valence-corrected chi connectivity index (χ2v) is 9.21. The van der Waals surface area contributed by atoms with E-state index in [4.69, 9.17) is 0 Å². The lowest BCUT2D eigenvalue weighted by atomic mass is 9.92. The zero-order valence-electron chi connectivity index (χ0n) is 16.5. The monoisotopic (exact) mass is 407 g/mol. The van der Waals surface area contributed by atoms with Crippen molar-refractivity contribution in [1.82, 2.24) is 20.5 Å². The fourth-order valence-corrected chi connectivity index (χ4v) is 4.82. The Labute approximate surface area is 174 Å². The Bertz CT molecular complexity index is 999. The predicted molar refractivity (Wildman–Crippen MR) is 116 cm³/mol. The van der Waals surface area contributed by atoms with E-state index in [-0.39, 0.29) is 5.75 Å². The summed E-state index contributed by atoms with van der Waals surface area (Å²) in [5.74, 6) is 1.12. The topological polar surface area (TPSA) is 74.2 Å². The van der Waals surface area contributed by atoms with E-state index in [2.05, 4.69) is 25.4 Å². The first-order valence-electron chi connectivity index (χ1n) is 10.3. The number of phenols is 1. The average molecular weight is 408 g/mol. The van der Waals surface area contributed by atoms with Gasteiger partial charge in [-0.2, -0.15) is 0 Å². The quantitative estimate of drug-likeness (QED) is 0.666. The highest BCUT2D eigenvalue weighted by atomic mass is 32.1. The minimum atomic E-state index is 0.210. The van der Waals surface area contributed by atoms with Crippen LogP contribution >= 0.6 is 11.3 Å². The van der Waals surface area contributed by atoms with E-state index in [1.807, 2.05) is 37.4 Å². The Morgan fingerprint density at radius 3 is 2.66 bits per heavy atom. The molecule has 1 saturated heterocycles. The highest BCUT2D eigenvalue weighted by Crippen LogP contribution is 2.34. The number of hydrogen-bond donors (Lipinski definition) is 2. The second-order valence-electron chi connectivity index (χ2n) is 7.98. The van der Waals surface area contributed by atoms with Crippen molar-refractivity contribution in [2.75, 3.05) is 18.0 Å². The van der Waals surface area contributed by atoms with Crippen molar-refractivity contribution in [1.29, 1.82) is 0 Å². The number of anilines is 1. The molecule has 1 aromatic carbocycles. The summed E-state index contributed by atoms with van der Waals surface area (Å²) in [7, 11) is 0. The summed E-state index contributed by atoms with van der Waals surface area (Å²) in [6.07, 6.45) is 6.98. The smallest absolute Gasteiger partial charge is 0.151 e. The molecule has 1 saturated carbocycles. The molecule has 3 heterocycles. The Balaban J connectivity index is 1.29. The highest BCUT2D eigenvalue weighted by molar-refractivity contribution is 7.15. The van der Waals surface area contributed by atoms with Gasteiger partial charge in [0, 0.05) is 36.9 Å². The minimum Gasteiger partial charge on any atom is -0.507 e. The van der Waals surface area contributed by atoms with Gasteiger partial charge >= 0.3 is 0 Å². The molecule has 3 aromatic rings. The first-order valence-corrected chi connectivity index (χ1v) is 11.1. The first-order chi connectivity index (χ1) is 14.2. The number of aromatic nitrogens is 3. The third-order valence-corrected chi connectivity index (χ3v) is 6.88. The van der Waals surface area contributed by atoms with E-state index < -0.39 is 0 Å². The van der Waals surface area contributed by atoms with Crippen LogP contribution in [-0.2, 0) is 0 Å². The average Bonchev–Trinajstić information content (AvgIpc) is 3.34. The summed E-state index contributed by atoms with van der Waals surface area (Å²) < 4.78 is 0. The van der Waals surface area contributed by atoms with Crippen LogP contribution < -0.4 is 10.2 Å². The summed E-state index contributed by atoms with van der Waals surface area (Å²) in [6, 6.07) is 10.9. The molecule has 150 valence electrons. The minimum absolute atomic E-state index is 0.210. The maximum atomic E-state index is 10.5. The molecule has 0 bridgehead atoms. The molecule has 2 N–H and O–H groups in total. The van der Waals surface area contributed by atoms with E-state index in [0.29, 0.717) is 23.3 Å². The van der Waals surface area contributed by atoms with Gasteiger partial charge in [-0.3, -0.25) is 0 Å². The van der Waals surface area contributed by atoms with E-state index in [0.717, 1.165) is 40.8 Å². The third kappa shape index (κ3) is 3.84. The Morgan fingerprint density at radius 2 is 2.00 bits per heavy atom. The number of rotatable bonds is 5. The molecule has 7 heteroatoms. The lowest BCUT2D eigenvalue weighted by Crippen LogP contribution is -2.43. The SMILES string of the molecule is Cc1ncc(-c2ccc(-c3ccc(N4CC[C@@H](NC5CCC5)C4)nn3)c(O)c2)s1. The van der Waals surface area contributed by atoms with Crippen LogP contribution in [0, 0.1) is 6.92 Å². The third-order valence-electron chi connectivity index (χ3n) is 5.92. The fraction of sp³-hybridized carbons (Fsp3) is 0.409. The maximum Gasteiger partial charge on any atom is 0.151 e. The molecule has 6 nitrogen and oxygen atoms in total. The van der Waals surface area contributed by atoms with Crippen molar-refractivity contribution >= 4 is 17.2 Å². The molecule has 0 radical (unpaired) electrons. The lowest BCUT2D eigenvalue weighted by molar-refractivity contribution is 0.311. The zero-order chi connectivity index (χ0) is 19.8. The molecule has 0 unspecified atom stereocenters. The van der Waals surface area contributed by atoms with Gasteiger partial charge in [-0.05, 0) is 56.0 Å². The van der Waals surface area contributed by atoms with Crippen molar-refractivity contribution in [2.24, 2.45) is 0 Å². The van der Waals surface area contributed by atoms with Crippen molar-refractivity contribution < 1.29 is 5.11 Å². The van der Waals surface area contributed by atoms with Crippen molar-refractivity contribution in [3.8, 4) is 27.4 Å². The second kappa shape index (κ2) is 7.72. The largest absolute Gasteiger partial charge is 0.507 e. The van der Waals surface area contributed by atoms with Crippen LogP contribution in [0.4, 0.5) is 5.82 Å². The first kappa shape index (κ1) is 18.5. The van der Waals surface area contributed by atoms with E-state index in [1.165, 1.54) is 19.3 Å². The van der Waals surface area contributed by atoms with Crippen molar-refractivity contribution in [2.45, 2.75) is 44.7 Å². The summed E-state index contributed by atoms with van der Waals surface area (Å²) in [5.41, 5.74) is 2.34. The van der Waals surface area contributed by atoms with Crippen molar-refractivity contribution in [3.63, 3.8) is 0 Å². The molecule has 0 amide bonds. The number of nitrogens with zero attached hydrogens (tertiary/aromatic N) is 4. The molecule has 2 fully saturated rings. The summed E-state index contributed by atoms with van der Waals surface area (Å²) >= 11 is 1.62. The molecule has 5 rings (SSSR count). The van der Waals surface area contributed by atoms with E-state index in [1.54, 1.807) is 17.4 Å². The molecule has 2 aliphatic rings. The van der Waals surface area contributed by atoms with Crippen LogP contribution in [0.2, 0.25) is 0 Å².